The number of carbonyl (C=O) groups excluding carboxylic acids is 1. The molecule has 0 fully saturated rings. The minimum absolute atomic E-state index is 0.00410. The van der Waals surface area contributed by atoms with Crippen molar-refractivity contribution in [3.63, 3.8) is 0 Å². The lowest BCUT2D eigenvalue weighted by Gasteiger charge is -2.15. The van der Waals surface area contributed by atoms with Crippen LogP contribution in [0.3, 0.4) is 0 Å². The molecule has 1 aromatic heterocycles. The first-order valence-corrected chi connectivity index (χ1v) is 6.24. The van der Waals surface area contributed by atoms with Crippen molar-refractivity contribution in [3.8, 4) is 0 Å². The molecule has 16 heavy (non-hydrogen) atoms. The SMILES string of the molecule is CCCC(OCC)C(=O)c1c(Br)cnn1C. The van der Waals surface area contributed by atoms with Crippen molar-refractivity contribution in [2.75, 3.05) is 6.61 Å². The summed E-state index contributed by atoms with van der Waals surface area (Å²) < 4.78 is 7.77. The Hall–Kier alpha value is -0.680. The molecule has 0 aromatic carbocycles. The van der Waals surface area contributed by atoms with Crippen molar-refractivity contribution in [1.29, 1.82) is 0 Å². The molecular formula is C11H17BrN2O2. The zero-order valence-electron chi connectivity index (χ0n) is 9.86. The molecule has 0 aliphatic heterocycles. The molecule has 0 saturated heterocycles. The highest BCUT2D eigenvalue weighted by molar-refractivity contribution is 9.10. The lowest BCUT2D eigenvalue weighted by atomic mass is 10.1. The lowest BCUT2D eigenvalue weighted by Crippen LogP contribution is -2.26. The molecule has 1 unspecified atom stereocenters. The second-order valence-electron chi connectivity index (χ2n) is 3.56. The Labute approximate surface area is 104 Å². The maximum absolute atomic E-state index is 12.2. The fraction of sp³-hybridized carbons (Fsp3) is 0.636. The molecule has 0 aliphatic carbocycles. The third kappa shape index (κ3) is 2.92. The van der Waals surface area contributed by atoms with Crippen molar-refractivity contribution in [2.24, 2.45) is 7.05 Å². The van der Waals surface area contributed by atoms with Gasteiger partial charge in [0.05, 0.1) is 10.7 Å². The molecule has 0 N–H and O–H groups in total. The van der Waals surface area contributed by atoms with Crippen molar-refractivity contribution in [3.05, 3.63) is 16.4 Å². The summed E-state index contributed by atoms with van der Waals surface area (Å²) in [5.41, 5.74) is 0.576. The number of hydrogen-bond acceptors (Lipinski definition) is 3. The number of aromatic nitrogens is 2. The van der Waals surface area contributed by atoms with Crippen LogP contribution in [0.4, 0.5) is 0 Å². The van der Waals surface area contributed by atoms with E-state index in [-0.39, 0.29) is 11.9 Å². The zero-order chi connectivity index (χ0) is 12.1. The molecule has 1 aromatic rings. The molecule has 5 heteroatoms. The van der Waals surface area contributed by atoms with E-state index in [1.54, 1.807) is 17.9 Å². The highest BCUT2D eigenvalue weighted by Gasteiger charge is 2.24. The quantitative estimate of drug-likeness (QED) is 0.756. The number of Topliss-reactive ketones (excluding diaryl/α,β-unsaturated/α-hetero) is 1. The van der Waals surface area contributed by atoms with Crippen LogP contribution in [0.2, 0.25) is 0 Å². The Kier molecular flexibility index (Phi) is 5.15. The number of halogens is 1. The summed E-state index contributed by atoms with van der Waals surface area (Å²) in [6, 6.07) is 0. The first-order valence-electron chi connectivity index (χ1n) is 5.45. The minimum Gasteiger partial charge on any atom is -0.370 e. The first kappa shape index (κ1) is 13.4. The summed E-state index contributed by atoms with van der Waals surface area (Å²) in [5.74, 6) is -0.00410. The number of ether oxygens (including phenoxy) is 1. The van der Waals surface area contributed by atoms with E-state index >= 15 is 0 Å². The largest absolute Gasteiger partial charge is 0.370 e. The highest BCUT2D eigenvalue weighted by atomic mass is 79.9. The van der Waals surface area contributed by atoms with E-state index in [2.05, 4.69) is 21.0 Å². The van der Waals surface area contributed by atoms with Crippen molar-refractivity contribution in [2.45, 2.75) is 32.8 Å². The Balaban J connectivity index is 2.89. The van der Waals surface area contributed by atoms with Gasteiger partial charge in [0.15, 0.2) is 0 Å². The highest BCUT2D eigenvalue weighted by Crippen LogP contribution is 2.19. The van der Waals surface area contributed by atoms with E-state index in [4.69, 9.17) is 4.74 Å². The summed E-state index contributed by atoms with van der Waals surface area (Å²) in [6.45, 7) is 4.48. The van der Waals surface area contributed by atoms with E-state index in [0.29, 0.717) is 12.3 Å². The molecule has 0 saturated carbocycles. The van der Waals surface area contributed by atoms with Crippen LogP contribution in [0, 0.1) is 0 Å². The van der Waals surface area contributed by atoms with Gasteiger partial charge in [-0.2, -0.15) is 5.10 Å². The molecule has 1 atom stereocenters. The van der Waals surface area contributed by atoms with Crippen LogP contribution in [0.15, 0.2) is 10.7 Å². The van der Waals surface area contributed by atoms with Gasteiger partial charge in [-0.25, -0.2) is 0 Å². The van der Waals surface area contributed by atoms with Gasteiger partial charge in [-0.15, -0.1) is 0 Å². The number of rotatable bonds is 6. The van der Waals surface area contributed by atoms with Gasteiger partial charge in [-0.3, -0.25) is 9.48 Å². The van der Waals surface area contributed by atoms with E-state index < -0.39 is 0 Å². The van der Waals surface area contributed by atoms with Gasteiger partial charge >= 0.3 is 0 Å². The molecular weight excluding hydrogens is 272 g/mol. The summed E-state index contributed by atoms with van der Waals surface area (Å²) in [6.07, 6.45) is 2.93. The molecule has 0 spiro atoms. The topological polar surface area (TPSA) is 44.1 Å². The number of ketones is 1. The predicted molar refractivity (Wildman–Crippen MR) is 65.6 cm³/mol. The van der Waals surface area contributed by atoms with Crippen LogP contribution in [0.25, 0.3) is 0 Å². The molecule has 0 aliphatic rings. The Morgan fingerprint density at radius 2 is 2.31 bits per heavy atom. The van der Waals surface area contributed by atoms with E-state index in [1.165, 1.54) is 0 Å². The van der Waals surface area contributed by atoms with Crippen LogP contribution in [0.5, 0.6) is 0 Å². The maximum Gasteiger partial charge on any atom is 0.210 e. The monoisotopic (exact) mass is 288 g/mol. The van der Waals surface area contributed by atoms with Gasteiger partial charge in [0.1, 0.15) is 11.8 Å². The molecule has 0 bridgehead atoms. The molecule has 0 radical (unpaired) electrons. The molecule has 1 heterocycles. The average molecular weight is 289 g/mol. The maximum atomic E-state index is 12.2. The Bertz CT molecular complexity index is 337. The van der Waals surface area contributed by atoms with Gasteiger partial charge in [0, 0.05) is 13.7 Å². The Morgan fingerprint density at radius 3 is 2.75 bits per heavy atom. The summed E-state index contributed by atoms with van der Waals surface area (Å²) >= 11 is 3.33. The van der Waals surface area contributed by atoms with Gasteiger partial charge in [0.2, 0.25) is 5.78 Å². The standard InChI is InChI=1S/C11H17BrN2O2/c1-4-6-9(16-5-2)11(15)10-8(12)7-13-14(10)3/h7,9H,4-6H2,1-3H3. The second kappa shape index (κ2) is 6.15. The van der Waals surface area contributed by atoms with E-state index in [1.807, 2.05) is 13.8 Å². The molecule has 90 valence electrons. The van der Waals surface area contributed by atoms with Crippen LogP contribution < -0.4 is 0 Å². The molecule has 1 rings (SSSR count). The van der Waals surface area contributed by atoms with E-state index in [0.717, 1.165) is 17.3 Å². The molecule has 0 amide bonds. The van der Waals surface area contributed by atoms with E-state index in [9.17, 15) is 4.79 Å². The normalized spacial score (nSPS) is 12.8. The third-order valence-corrected chi connectivity index (χ3v) is 2.92. The number of carbonyl (C=O) groups is 1. The van der Waals surface area contributed by atoms with Crippen molar-refractivity contribution < 1.29 is 9.53 Å². The average Bonchev–Trinajstić information content (AvgIpc) is 2.57. The zero-order valence-corrected chi connectivity index (χ0v) is 11.5. The van der Waals surface area contributed by atoms with Gasteiger partial charge < -0.3 is 4.74 Å². The minimum atomic E-state index is -0.360. The first-order chi connectivity index (χ1) is 7.61. The van der Waals surface area contributed by atoms with Gasteiger partial charge in [-0.05, 0) is 29.3 Å². The van der Waals surface area contributed by atoms with Crippen LogP contribution in [-0.2, 0) is 11.8 Å². The Morgan fingerprint density at radius 1 is 1.62 bits per heavy atom. The van der Waals surface area contributed by atoms with Crippen LogP contribution in [-0.4, -0.2) is 28.3 Å². The third-order valence-electron chi connectivity index (χ3n) is 2.34. The predicted octanol–water partition coefficient (Wildman–Crippen LogP) is 2.57. The summed E-state index contributed by atoms with van der Waals surface area (Å²) in [4.78, 5) is 12.2. The fourth-order valence-corrected chi connectivity index (χ4v) is 2.14. The number of aryl methyl sites for hydroxylation is 1. The van der Waals surface area contributed by atoms with Crippen molar-refractivity contribution in [1.82, 2.24) is 9.78 Å². The summed E-state index contributed by atoms with van der Waals surface area (Å²) in [7, 11) is 1.76. The number of nitrogens with zero attached hydrogens (tertiary/aromatic N) is 2. The summed E-state index contributed by atoms with van der Waals surface area (Å²) in [5, 5.41) is 4.03. The van der Waals surface area contributed by atoms with Gasteiger partial charge in [0.25, 0.3) is 0 Å². The number of hydrogen-bond donors (Lipinski definition) is 0. The van der Waals surface area contributed by atoms with Gasteiger partial charge in [-0.1, -0.05) is 13.3 Å². The van der Waals surface area contributed by atoms with Crippen LogP contribution in [0.1, 0.15) is 37.2 Å². The van der Waals surface area contributed by atoms with Crippen LogP contribution >= 0.6 is 15.9 Å². The second-order valence-corrected chi connectivity index (χ2v) is 4.42. The lowest BCUT2D eigenvalue weighted by molar-refractivity contribution is 0.0414. The molecule has 4 nitrogen and oxygen atoms in total. The van der Waals surface area contributed by atoms with Crippen molar-refractivity contribution >= 4 is 21.7 Å². The smallest absolute Gasteiger partial charge is 0.210 e. The fourth-order valence-electron chi connectivity index (χ4n) is 1.59.